The molecule has 8 rings (SSSR count). The predicted octanol–water partition coefficient (Wildman–Crippen LogP) is 12.9. The molecule has 0 radical (unpaired) electrons. The highest BCUT2D eigenvalue weighted by molar-refractivity contribution is 6.00. The third kappa shape index (κ3) is 5.50. The summed E-state index contributed by atoms with van der Waals surface area (Å²) in [5.41, 5.74) is 16.2. The summed E-state index contributed by atoms with van der Waals surface area (Å²) < 4.78 is 0. The van der Waals surface area contributed by atoms with Crippen LogP contribution in [0.15, 0.2) is 199 Å². The third-order valence-electron chi connectivity index (χ3n) is 10.7. The predicted molar refractivity (Wildman–Crippen MR) is 218 cm³/mol. The highest BCUT2D eigenvalue weighted by Gasteiger charge is 2.53. The minimum Gasteiger partial charge on any atom is -0.334 e. The van der Waals surface area contributed by atoms with Crippen LogP contribution in [0.1, 0.15) is 48.1 Å². The number of rotatable bonds is 7. The van der Waals surface area contributed by atoms with Crippen LogP contribution in [0.2, 0.25) is 0 Å². The van der Waals surface area contributed by atoms with Gasteiger partial charge in [0.15, 0.2) is 0 Å². The molecule has 51 heavy (non-hydrogen) atoms. The van der Waals surface area contributed by atoms with E-state index >= 15 is 0 Å². The van der Waals surface area contributed by atoms with Gasteiger partial charge in [0.1, 0.15) is 0 Å². The minimum absolute atomic E-state index is 0.239. The van der Waals surface area contributed by atoms with Gasteiger partial charge in [0.05, 0.1) is 11.5 Å². The number of allylic oxidation sites excluding steroid dienone is 11. The van der Waals surface area contributed by atoms with Crippen molar-refractivity contribution in [1.82, 2.24) is 0 Å². The Bertz CT molecular complexity index is 2260. The summed E-state index contributed by atoms with van der Waals surface area (Å²) in [4.78, 5) is 2.58. The molecule has 1 unspecified atom stereocenters. The van der Waals surface area contributed by atoms with Gasteiger partial charge in [-0.25, -0.2) is 0 Å². The van der Waals surface area contributed by atoms with Crippen LogP contribution in [-0.2, 0) is 5.41 Å². The molecule has 1 nitrogen and oxygen atoms in total. The van der Waals surface area contributed by atoms with E-state index < -0.39 is 5.41 Å². The van der Waals surface area contributed by atoms with Gasteiger partial charge in [-0.05, 0) is 101 Å². The van der Waals surface area contributed by atoms with E-state index in [2.05, 4.69) is 214 Å². The number of nitrogens with zero attached hydrogens (tertiary/aromatic N) is 1. The number of hydrogen-bond acceptors (Lipinski definition) is 1. The highest BCUT2D eigenvalue weighted by Crippen LogP contribution is 2.64. The fourth-order valence-corrected chi connectivity index (χ4v) is 8.50. The average Bonchev–Trinajstić information content (AvgIpc) is 3.41. The van der Waals surface area contributed by atoms with Crippen molar-refractivity contribution in [3.8, 4) is 11.1 Å². The van der Waals surface area contributed by atoms with E-state index in [1.165, 1.54) is 72.6 Å². The Hall–Kier alpha value is -5.92. The van der Waals surface area contributed by atoms with E-state index in [4.69, 9.17) is 0 Å². The second-order valence-corrected chi connectivity index (χ2v) is 13.6. The molecule has 1 spiro atoms. The first-order valence-electron chi connectivity index (χ1n) is 18.1. The Kier molecular flexibility index (Phi) is 8.72. The lowest BCUT2D eigenvalue weighted by Gasteiger charge is -2.48. The Morgan fingerprint density at radius 1 is 0.627 bits per heavy atom. The molecule has 1 atom stereocenters. The van der Waals surface area contributed by atoms with Crippen molar-refractivity contribution in [2.75, 3.05) is 4.90 Å². The standard InChI is InChI=1S/C50H43N/c1-4-19-44-43(27-14-12-21-38-32-34-40(35-33-38)39-22-7-5-8-23-39)37(3)49(42-26-13-11-20-36(42)2)50(44)45-28-15-17-30-47(45)51(41-24-9-6-10-25-41)48-31-18-16-29-46(48)50/h4-24,26-35,41H,25H2,1-3H3/b19-4+,21-12+,27-14-. The summed E-state index contributed by atoms with van der Waals surface area (Å²) in [5.74, 6) is 0. The molecule has 0 saturated heterocycles. The molecule has 248 valence electrons. The molecule has 0 amide bonds. The molecule has 0 saturated carbocycles. The zero-order valence-electron chi connectivity index (χ0n) is 29.6. The Morgan fingerprint density at radius 3 is 1.92 bits per heavy atom. The molecule has 0 bridgehead atoms. The average molecular weight is 658 g/mol. The van der Waals surface area contributed by atoms with E-state index in [-0.39, 0.29) is 6.04 Å². The lowest BCUT2D eigenvalue weighted by Crippen LogP contribution is -2.42. The van der Waals surface area contributed by atoms with Gasteiger partial charge in [-0.15, -0.1) is 0 Å². The number of para-hydroxylation sites is 2. The van der Waals surface area contributed by atoms with Crippen molar-refractivity contribution in [3.63, 3.8) is 0 Å². The SMILES string of the molecule is C/C=C/C1=C(/C=C\C=C\c2ccc(-c3ccccc3)cc2)C(C)=C(c2ccccc2C)C12c1ccccc1N(C1C=CC=CC1)c1ccccc12. The van der Waals surface area contributed by atoms with Gasteiger partial charge >= 0.3 is 0 Å². The van der Waals surface area contributed by atoms with Crippen LogP contribution in [0.3, 0.4) is 0 Å². The first-order valence-corrected chi connectivity index (χ1v) is 18.1. The molecule has 5 aromatic carbocycles. The lowest BCUT2D eigenvalue weighted by molar-refractivity contribution is 0.718. The molecule has 5 aromatic rings. The maximum atomic E-state index is 2.58. The summed E-state index contributed by atoms with van der Waals surface area (Å²) in [6.07, 6.45) is 23.5. The number of anilines is 2. The summed E-state index contributed by atoms with van der Waals surface area (Å²) >= 11 is 0. The van der Waals surface area contributed by atoms with Crippen molar-refractivity contribution >= 4 is 23.0 Å². The summed E-state index contributed by atoms with van der Waals surface area (Å²) in [7, 11) is 0. The largest absolute Gasteiger partial charge is 0.334 e. The van der Waals surface area contributed by atoms with Crippen LogP contribution >= 0.6 is 0 Å². The number of benzene rings is 5. The van der Waals surface area contributed by atoms with Crippen LogP contribution in [0.25, 0.3) is 22.8 Å². The van der Waals surface area contributed by atoms with Crippen molar-refractivity contribution in [2.24, 2.45) is 0 Å². The van der Waals surface area contributed by atoms with E-state index in [1.54, 1.807) is 0 Å². The number of fused-ring (bicyclic) bond motifs is 4. The lowest BCUT2D eigenvalue weighted by atomic mass is 9.61. The van der Waals surface area contributed by atoms with Gasteiger partial charge in [0, 0.05) is 11.4 Å². The van der Waals surface area contributed by atoms with Crippen LogP contribution in [0.5, 0.6) is 0 Å². The highest BCUT2D eigenvalue weighted by atomic mass is 15.2. The van der Waals surface area contributed by atoms with Crippen LogP contribution in [0.4, 0.5) is 11.4 Å². The van der Waals surface area contributed by atoms with Gasteiger partial charge in [-0.1, -0.05) is 176 Å². The Balaban J connectivity index is 1.31. The molecule has 1 heteroatoms. The summed E-state index contributed by atoms with van der Waals surface area (Å²) in [6.45, 7) is 6.73. The van der Waals surface area contributed by atoms with Crippen LogP contribution in [-0.4, -0.2) is 6.04 Å². The van der Waals surface area contributed by atoms with Gasteiger partial charge in [0.2, 0.25) is 0 Å². The fraction of sp³-hybridized carbons (Fsp3) is 0.120. The smallest absolute Gasteiger partial charge is 0.0756 e. The zero-order valence-corrected chi connectivity index (χ0v) is 29.6. The summed E-state index contributed by atoms with van der Waals surface area (Å²) in [6, 6.07) is 46.8. The molecular weight excluding hydrogens is 615 g/mol. The maximum Gasteiger partial charge on any atom is 0.0756 e. The fourth-order valence-electron chi connectivity index (χ4n) is 8.50. The minimum atomic E-state index is -0.503. The molecule has 0 aromatic heterocycles. The Labute approximate surface area is 303 Å². The van der Waals surface area contributed by atoms with E-state index in [9.17, 15) is 0 Å². The third-order valence-corrected chi connectivity index (χ3v) is 10.7. The van der Waals surface area contributed by atoms with Crippen LogP contribution < -0.4 is 4.90 Å². The van der Waals surface area contributed by atoms with E-state index in [1.807, 2.05) is 0 Å². The molecule has 0 N–H and O–H groups in total. The van der Waals surface area contributed by atoms with Gasteiger partial charge in [0.25, 0.3) is 0 Å². The molecule has 1 heterocycles. The molecule has 0 fully saturated rings. The zero-order chi connectivity index (χ0) is 34.8. The first kappa shape index (κ1) is 32.3. The summed E-state index contributed by atoms with van der Waals surface area (Å²) in [5, 5.41) is 0. The normalized spacial score (nSPS) is 17.8. The second kappa shape index (κ2) is 13.8. The second-order valence-electron chi connectivity index (χ2n) is 13.6. The van der Waals surface area contributed by atoms with Crippen LogP contribution in [0, 0.1) is 6.92 Å². The molecule has 2 aliphatic carbocycles. The van der Waals surface area contributed by atoms with Crippen molar-refractivity contribution < 1.29 is 0 Å². The topological polar surface area (TPSA) is 3.24 Å². The van der Waals surface area contributed by atoms with E-state index in [0.717, 1.165) is 6.42 Å². The van der Waals surface area contributed by atoms with Crippen molar-refractivity contribution in [1.29, 1.82) is 0 Å². The van der Waals surface area contributed by atoms with Crippen molar-refractivity contribution in [3.05, 3.63) is 227 Å². The molecular formula is C50H43N. The maximum absolute atomic E-state index is 2.58. The quantitative estimate of drug-likeness (QED) is 0.157. The number of aryl methyl sites for hydroxylation is 1. The van der Waals surface area contributed by atoms with Crippen molar-refractivity contribution in [2.45, 2.75) is 38.6 Å². The number of hydrogen-bond donors (Lipinski definition) is 0. The van der Waals surface area contributed by atoms with Gasteiger partial charge in [-0.3, -0.25) is 0 Å². The van der Waals surface area contributed by atoms with Gasteiger partial charge in [-0.2, -0.15) is 0 Å². The molecule has 1 aliphatic heterocycles. The van der Waals surface area contributed by atoms with Gasteiger partial charge < -0.3 is 4.90 Å². The van der Waals surface area contributed by atoms with E-state index in [0.29, 0.717) is 0 Å². The monoisotopic (exact) mass is 657 g/mol. The Morgan fingerprint density at radius 2 is 1.25 bits per heavy atom. The molecule has 3 aliphatic rings. The first-order chi connectivity index (χ1) is 25.1.